The minimum atomic E-state index is -0.445. The summed E-state index contributed by atoms with van der Waals surface area (Å²) in [6.07, 6.45) is 3.54. The Morgan fingerprint density at radius 3 is 2.82 bits per heavy atom. The molecule has 0 fully saturated rings. The molecule has 118 valence electrons. The lowest BCUT2D eigenvalue weighted by Gasteiger charge is -2.23. The molecule has 2 aromatic rings. The van der Waals surface area contributed by atoms with Gasteiger partial charge in [0.25, 0.3) is 11.5 Å². The van der Waals surface area contributed by atoms with Crippen LogP contribution in [0.5, 0.6) is 0 Å². The zero-order valence-corrected chi connectivity index (χ0v) is 13.1. The zero-order valence-electron chi connectivity index (χ0n) is 13.1. The van der Waals surface area contributed by atoms with E-state index in [9.17, 15) is 9.59 Å². The van der Waals surface area contributed by atoms with Crippen LogP contribution in [-0.2, 0) is 0 Å². The van der Waals surface area contributed by atoms with Crippen molar-refractivity contribution in [2.24, 2.45) is 5.41 Å². The zero-order chi connectivity index (χ0) is 16.3. The summed E-state index contributed by atoms with van der Waals surface area (Å²) in [4.78, 5) is 28.8. The van der Waals surface area contributed by atoms with Gasteiger partial charge in [0, 0.05) is 25.5 Å². The van der Waals surface area contributed by atoms with Crippen LogP contribution in [0.2, 0.25) is 0 Å². The largest absolute Gasteiger partial charge is 0.396 e. The number of hydrogen-bond acceptors (Lipinski definition) is 4. The van der Waals surface area contributed by atoms with Crippen molar-refractivity contribution in [3.05, 3.63) is 46.0 Å². The van der Waals surface area contributed by atoms with E-state index in [0.29, 0.717) is 18.6 Å². The van der Waals surface area contributed by atoms with Gasteiger partial charge in [0.15, 0.2) is 0 Å². The first-order valence-corrected chi connectivity index (χ1v) is 7.21. The molecule has 0 aliphatic rings. The van der Waals surface area contributed by atoms with Crippen LogP contribution < -0.4 is 10.9 Å². The molecule has 0 aliphatic carbocycles. The standard InChI is InChI=1S/C16H21N3O3/c1-11-4-5-13-17-8-12(15(22)19(13)9-11)14(21)18-10-16(2,3)6-7-20/h4-5,8-9,20H,6-7,10H2,1-3H3,(H,18,21). The van der Waals surface area contributed by atoms with Crippen molar-refractivity contribution in [3.8, 4) is 0 Å². The van der Waals surface area contributed by atoms with Gasteiger partial charge in [-0.15, -0.1) is 0 Å². The van der Waals surface area contributed by atoms with Gasteiger partial charge < -0.3 is 10.4 Å². The Kier molecular flexibility index (Phi) is 4.61. The second-order valence-corrected chi connectivity index (χ2v) is 6.23. The Labute approximate surface area is 128 Å². The van der Waals surface area contributed by atoms with E-state index < -0.39 is 5.91 Å². The molecule has 2 N–H and O–H groups in total. The van der Waals surface area contributed by atoms with E-state index in [1.54, 1.807) is 12.3 Å². The van der Waals surface area contributed by atoms with E-state index in [-0.39, 0.29) is 23.1 Å². The van der Waals surface area contributed by atoms with Crippen molar-refractivity contribution in [1.82, 2.24) is 14.7 Å². The molecule has 0 bridgehead atoms. The summed E-state index contributed by atoms with van der Waals surface area (Å²) in [6.45, 7) is 6.19. The Hall–Kier alpha value is -2.21. The Morgan fingerprint density at radius 1 is 1.41 bits per heavy atom. The molecule has 2 aromatic heterocycles. The fourth-order valence-corrected chi connectivity index (χ4v) is 2.14. The van der Waals surface area contributed by atoms with Gasteiger partial charge in [-0.1, -0.05) is 19.9 Å². The van der Waals surface area contributed by atoms with Crippen molar-refractivity contribution in [2.45, 2.75) is 27.2 Å². The minimum absolute atomic E-state index is 0.0166. The summed E-state index contributed by atoms with van der Waals surface area (Å²) in [5.74, 6) is -0.445. The summed E-state index contributed by atoms with van der Waals surface area (Å²) in [7, 11) is 0. The van der Waals surface area contributed by atoms with Crippen LogP contribution in [0, 0.1) is 12.3 Å². The number of aliphatic hydroxyl groups excluding tert-OH is 1. The average Bonchev–Trinajstić information content (AvgIpc) is 2.46. The van der Waals surface area contributed by atoms with Crippen LogP contribution in [0.15, 0.2) is 29.3 Å². The van der Waals surface area contributed by atoms with Gasteiger partial charge in [0.05, 0.1) is 0 Å². The normalized spacial score (nSPS) is 11.6. The molecular weight excluding hydrogens is 282 g/mol. The number of pyridine rings is 1. The number of aromatic nitrogens is 2. The fraction of sp³-hybridized carbons (Fsp3) is 0.438. The third-order valence-corrected chi connectivity index (χ3v) is 3.61. The first-order chi connectivity index (χ1) is 10.3. The molecule has 2 rings (SSSR count). The van der Waals surface area contributed by atoms with Crippen molar-refractivity contribution < 1.29 is 9.90 Å². The quantitative estimate of drug-likeness (QED) is 0.867. The van der Waals surface area contributed by atoms with Crippen LogP contribution in [-0.4, -0.2) is 33.6 Å². The van der Waals surface area contributed by atoms with Crippen LogP contribution >= 0.6 is 0 Å². The van der Waals surface area contributed by atoms with Crippen LogP contribution in [0.3, 0.4) is 0 Å². The predicted molar refractivity (Wildman–Crippen MR) is 84.0 cm³/mol. The summed E-state index contributed by atoms with van der Waals surface area (Å²) < 4.78 is 1.38. The molecule has 0 radical (unpaired) electrons. The lowest BCUT2D eigenvalue weighted by Crippen LogP contribution is -2.37. The van der Waals surface area contributed by atoms with Gasteiger partial charge in [-0.2, -0.15) is 0 Å². The fourth-order valence-electron chi connectivity index (χ4n) is 2.14. The molecule has 0 spiro atoms. The molecule has 0 atom stereocenters. The number of fused-ring (bicyclic) bond motifs is 1. The van der Waals surface area contributed by atoms with Gasteiger partial charge >= 0.3 is 0 Å². The summed E-state index contributed by atoms with van der Waals surface area (Å²) in [5, 5.41) is 11.7. The minimum Gasteiger partial charge on any atom is -0.396 e. The SMILES string of the molecule is Cc1ccc2ncc(C(=O)NCC(C)(C)CCO)c(=O)n2c1. The van der Waals surface area contributed by atoms with E-state index >= 15 is 0 Å². The Balaban J connectivity index is 2.25. The van der Waals surface area contributed by atoms with E-state index in [1.807, 2.05) is 26.8 Å². The molecule has 0 aliphatic heterocycles. The van der Waals surface area contributed by atoms with Gasteiger partial charge in [-0.05, 0) is 30.4 Å². The highest BCUT2D eigenvalue weighted by atomic mass is 16.3. The monoisotopic (exact) mass is 303 g/mol. The molecule has 1 amide bonds. The van der Waals surface area contributed by atoms with E-state index in [0.717, 1.165) is 5.56 Å². The van der Waals surface area contributed by atoms with Crippen molar-refractivity contribution >= 4 is 11.6 Å². The molecular formula is C16H21N3O3. The maximum absolute atomic E-state index is 12.4. The van der Waals surface area contributed by atoms with Gasteiger partial charge in [-0.25, -0.2) is 4.98 Å². The number of aliphatic hydroxyl groups is 1. The highest BCUT2D eigenvalue weighted by molar-refractivity contribution is 5.93. The number of nitrogens with one attached hydrogen (secondary N) is 1. The molecule has 2 heterocycles. The van der Waals surface area contributed by atoms with Gasteiger partial charge in [0.2, 0.25) is 0 Å². The van der Waals surface area contributed by atoms with E-state index in [4.69, 9.17) is 5.11 Å². The Morgan fingerprint density at radius 2 is 2.14 bits per heavy atom. The third kappa shape index (κ3) is 3.51. The predicted octanol–water partition coefficient (Wildman–Crippen LogP) is 1.14. The maximum atomic E-state index is 12.4. The van der Waals surface area contributed by atoms with Crippen LogP contribution in [0.25, 0.3) is 5.65 Å². The highest BCUT2D eigenvalue weighted by Crippen LogP contribution is 2.18. The number of rotatable bonds is 5. The maximum Gasteiger partial charge on any atom is 0.270 e. The molecule has 6 heteroatoms. The van der Waals surface area contributed by atoms with Crippen molar-refractivity contribution in [3.63, 3.8) is 0 Å². The van der Waals surface area contributed by atoms with E-state index in [2.05, 4.69) is 10.3 Å². The number of carbonyl (C=O) groups is 1. The van der Waals surface area contributed by atoms with Crippen LogP contribution in [0.4, 0.5) is 0 Å². The Bertz CT molecular complexity index is 750. The number of aryl methyl sites for hydroxylation is 1. The topological polar surface area (TPSA) is 83.7 Å². The molecule has 0 saturated carbocycles. The number of nitrogens with zero attached hydrogens (tertiary/aromatic N) is 2. The highest BCUT2D eigenvalue weighted by Gasteiger charge is 2.20. The van der Waals surface area contributed by atoms with Gasteiger partial charge in [-0.3, -0.25) is 14.0 Å². The van der Waals surface area contributed by atoms with Crippen molar-refractivity contribution in [2.75, 3.05) is 13.2 Å². The van der Waals surface area contributed by atoms with Crippen molar-refractivity contribution in [1.29, 1.82) is 0 Å². The second-order valence-electron chi connectivity index (χ2n) is 6.23. The molecule has 0 aromatic carbocycles. The first-order valence-electron chi connectivity index (χ1n) is 7.21. The molecule has 0 saturated heterocycles. The molecule has 6 nitrogen and oxygen atoms in total. The number of hydrogen-bond donors (Lipinski definition) is 2. The van der Waals surface area contributed by atoms with Crippen LogP contribution in [0.1, 0.15) is 36.2 Å². The molecule has 22 heavy (non-hydrogen) atoms. The summed E-state index contributed by atoms with van der Waals surface area (Å²) in [5.41, 5.74) is 0.821. The van der Waals surface area contributed by atoms with Gasteiger partial charge in [0.1, 0.15) is 11.2 Å². The summed E-state index contributed by atoms with van der Waals surface area (Å²) in [6, 6.07) is 3.60. The average molecular weight is 303 g/mol. The molecule has 0 unspecified atom stereocenters. The second kappa shape index (κ2) is 6.27. The smallest absolute Gasteiger partial charge is 0.270 e. The van der Waals surface area contributed by atoms with E-state index in [1.165, 1.54) is 10.6 Å². The third-order valence-electron chi connectivity index (χ3n) is 3.61. The number of amides is 1. The lowest BCUT2D eigenvalue weighted by atomic mass is 9.90. The number of carbonyl (C=O) groups excluding carboxylic acids is 1. The first kappa shape index (κ1) is 16.2. The summed E-state index contributed by atoms with van der Waals surface area (Å²) >= 11 is 0. The lowest BCUT2D eigenvalue weighted by molar-refractivity contribution is 0.0926.